The Balaban J connectivity index is 2.02. The molecule has 2 unspecified atom stereocenters. The Morgan fingerprint density at radius 2 is 1.74 bits per heavy atom. The van der Waals surface area contributed by atoms with Gasteiger partial charge in [-0.1, -0.05) is 18.2 Å². The Morgan fingerprint density at radius 1 is 1.00 bits per heavy atom. The number of aromatic nitrogens is 1. The number of ether oxygens (including phenoxy) is 1. The van der Waals surface area contributed by atoms with Crippen LogP contribution in [0.5, 0.6) is 5.75 Å². The maximum absolute atomic E-state index is 5.17. The number of pyridine rings is 1. The van der Waals surface area contributed by atoms with Gasteiger partial charge in [-0.05, 0) is 43.7 Å². The van der Waals surface area contributed by atoms with E-state index in [1.165, 1.54) is 5.56 Å². The van der Waals surface area contributed by atoms with E-state index in [2.05, 4.69) is 36.3 Å². The maximum atomic E-state index is 5.17. The van der Waals surface area contributed by atoms with E-state index in [0.29, 0.717) is 0 Å². The largest absolute Gasteiger partial charge is 0.497 e. The zero-order chi connectivity index (χ0) is 13.7. The molecule has 0 amide bonds. The van der Waals surface area contributed by atoms with Crippen LogP contribution in [-0.2, 0) is 0 Å². The molecule has 0 aliphatic carbocycles. The van der Waals surface area contributed by atoms with Crippen molar-refractivity contribution in [2.45, 2.75) is 25.9 Å². The Bertz CT molecular complexity index is 496. The molecule has 3 heteroatoms. The average Bonchev–Trinajstić information content (AvgIpc) is 2.48. The molecule has 0 spiro atoms. The van der Waals surface area contributed by atoms with Crippen LogP contribution in [0.1, 0.15) is 37.2 Å². The summed E-state index contributed by atoms with van der Waals surface area (Å²) in [7, 11) is 1.68. The molecule has 1 heterocycles. The standard InChI is InChI=1S/C16H20N2O/c1-12(14-7-9-15(19-3)10-8-14)18-13(2)16-6-4-5-11-17-16/h4-13,18H,1-3H3. The minimum atomic E-state index is 0.221. The third-order valence-electron chi connectivity index (χ3n) is 3.25. The Hall–Kier alpha value is -1.87. The summed E-state index contributed by atoms with van der Waals surface area (Å²) in [6.45, 7) is 4.28. The molecule has 1 aromatic heterocycles. The van der Waals surface area contributed by atoms with E-state index < -0.39 is 0 Å². The first-order chi connectivity index (χ1) is 9.20. The molecule has 2 aromatic rings. The summed E-state index contributed by atoms with van der Waals surface area (Å²) in [5, 5.41) is 3.55. The molecule has 0 radical (unpaired) electrons. The zero-order valence-electron chi connectivity index (χ0n) is 11.6. The van der Waals surface area contributed by atoms with Gasteiger partial charge in [-0.3, -0.25) is 4.98 Å². The number of hydrogen-bond acceptors (Lipinski definition) is 3. The van der Waals surface area contributed by atoms with Crippen LogP contribution < -0.4 is 10.1 Å². The quantitative estimate of drug-likeness (QED) is 0.889. The third kappa shape index (κ3) is 3.55. The van der Waals surface area contributed by atoms with E-state index in [4.69, 9.17) is 4.74 Å². The van der Waals surface area contributed by atoms with Gasteiger partial charge in [0.15, 0.2) is 0 Å². The van der Waals surface area contributed by atoms with Gasteiger partial charge in [0.1, 0.15) is 5.75 Å². The Morgan fingerprint density at radius 3 is 2.32 bits per heavy atom. The monoisotopic (exact) mass is 256 g/mol. The van der Waals surface area contributed by atoms with Gasteiger partial charge in [0.25, 0.3) is 0 Å². The average molecular weight is 256 g/mol. The van der Waals surface area contributed by atoms with Crippen LogP contribution >= 0.6 is 0 Å². The highest BCUT2D eigenvalue weighted by Crippen LogP contribution is 2.20. The van der Waals surface area contributed by atoms with Crippen molar-refractivity contribution in [3.8, 4) is 5.75 Å². The summed E-state index contributed by atoms with van der Waals surface area (Å²) >= 11 is 0. The Labute approximate surface area is 114 Å². The van der Waals surface area contributed by atoms with Gasteiger partial charge in [0.2, 0.25) is 0 Å². The lowest BCUT2D eigenvalue weighted by molar-refractivity contribution is 0.414. The van der Waals surface area contributed by atoms with Crippen molar-refractivity contribution in [1.29, 1.82) is 0 Å². The molecule has 0 aliphatic heterocycles. The molecule has 0 bridgehead atoms. The number of methoxy groups -OCH3 is 1. The van der Waals surface area contributed by atoms with Crippen LogP contribution in [0.15, 0.2) is 48.7 Å². The zero-order valence-corrected chi connectivity index (χ0v) is 11.6. The summed E-state index contributed by atoms with van der Waals surface area (Å²) < 4.78 is 5.17. The van der Waals surface area contributed by atoms with Gasteiger partial charge in [-0.25, -0.2) is 0 Å². The molecule has 0 aliphatic rings. The molecular weight excluding hydrogens is 236 g/mol. The summed E-state index contributed by atoms with van der Waals surface area (Å²) in [5.41, 5.74) is 2.30. The lowest BCUT2D eigenvalue weighted by Crippen LogP contribution is -2.23. The molecule has 2 rings (SSSR count). The van der Waals surface area contributed by atoms with Crippen molar-refractivity contribution in [1.82, 2.24) is 10.3 Å². The van der Waals surface area contributed by atoms with Crippen LogP contribution in [0.25, 0.3) is 0 Å². The number of nitrogens with one attached hydrogen (secondary N) is 1. The van der Waals surface area contributed by atoms with Gasteiger partial charge in [0, 0.05) is 18.3 Å². The van der Waals surface area contributed by atoms with Gasteiger partial charge < -0.3 is 10.1 Å². The topological polar surface area (TPSA) is 34.1 Å². The van der Waals surface area contributed by atoms with E-state index in [1.54, 1.807) is 7.11 Å². The SMILES string of the molecule is COc1ccc(C(C)NC(C)c2ccccn2)cc1. The third-order valence-corrected chi connectivity index (χ3v) is 3.25. The highest BCUT2D eigenvalue weighted by Gasteiger charge is 2.11. The van der Waals surface area contributed by atoms with E-state index in [-0.39, 0.29) is 12.1 Å². The molecule has 100 valence electrons. The van der Waals surface area contributed by atoms with E-state index in [9.17, 15) is 0 Å². The highest BCUT2D eigenvalue weighted by atomic mass is 16.5. The highest BCUT2D eigenvalue weighted by molar-refractivity contribution is 5.29. The number of nitrogens with zero attached hydrogens (tertiary/aromatic N) is 1. The minimum Gasteiger partial charge on any atom is -0.497 e. The number of rotatable bonds is 5. The second-order valence-electron chi connectivity index (χ2n) is 4.64. The molecule has 19 heavy (non-hydrogen) atoms. The summed E-state index contributed by atoms with van der Waals surface area (Å²) in [6.07, 6.45) is 1.82. The molecule has 0 fully saturated rings. The lowest BCUT2D eigenvalue weighted by atomic mass is 10.1. The van der Waals surface area contributed by atoms with Crippen LogP contribution in [0, 0.1) is 0 Å². The minimum absolute atomic E-state index is 0.221. The second kappa shape index (κ2) is 6.34. The van der Waals surface area contributed by atoms with Crippen molar-refractivity contribution in [2.75, 3.05) is 7.11 Å². The number of benzene rings is 1. The normalized spacial score (nSPS) is 13.8. The van der Waals surface area contributed by atoms with Gasteiger partial charge in [0.05, 0.1) is 12.8 Å². The van der Waals surface area contributed by atoms with Crippen molar-refractivity contribution < 1.29 is 4.74 Å². The van der Waals surface area contributed by atoms with Crippen molar-refractivity contribution >= 4 is 0 Å². The molecule has 0 saturated carbocycles. The first-order valence-electron chi connectivity index (χ1n) is 6.51. The first-order valence-corrected chi connectivity index (χ1v) is 6.51. The molecule has 0 saturated heterocycles. The predicted molar refractivity (Wildman–Crippen MR) is 77.2 cm³/mol. The summed E-state index contributed by atoms with van der Waals surface area (Å²) in [4.78, 5) is 4.37. The van der Waals surface area contributed by atoms with Crippen molar-refractivity contribution in [3.63, 3.8) is 0 Å². The van der Waals surface area contributed by atoms with Gasteiger partial charge in [-0.2, -0.15) is 0 Å². The fourth-order valence-corrected chi connectivity index (χ4v) is 2.08. The molecular formula is C16H20N2O. The fraction of sp³-hybridized carbons (Fsp3) is 0.312. The first kappa shape index (κ1) is 13.6. The molecule has 1 N–H and O–H groups in total. The predicted octanol–water partition coefficient (Wildman–Crippen LogP) is 3.50. The van der Waals surface area contributed by atoms with E-state index in [1.807, 2.05) is 36.5 Å². The van der Waals surface area contributed by atoms with Gasteiger partial charge >= 0.3 is 0 Å². The van der Waals surface area contributed by atoms with Gasteiger partial charge in [-0.15, -0.1) is 0 Å². The summed E-state index contributed by atoms with van der Waals surface area (Å²) in [6, 6.07) is 14.6. The summed E-state index contributed by atoms with van der Waals surface area (Å²) in [5.74, 6) is 0.883. The van der Waals surface area contributed by atoms with E-state index in [0.717, 1.165) is 11.4 Å². The fourth-order valence-electron chi connectivity index (χ4n) is 2.08. The smallest absolute Gasteiger partial charge is 0.118 e. The van der Waals surface area contributed by atoms with Crippen LogP contribution in [0.4, 0.5) is 0 Å². The molecule has 1 aromatic carbocycles. The van der Waals surface area contributed by atoms with Crippen molar-refractivity contribution in [3.05, 3.63) is 59.9 Å². The second-order valence-corrected chi connectivity index (χ2v) is 4.64. The number of hydrogen-bond donors (Lipinski definition) is 1. The van der Waals surface area contributed by atoms with Crippen LogP contribution in [0.3, 0.4) is 0 Å². The maximum Gasteiger partial charge on any atom is 0.118 e. The van der Waals surface area contributed by atoms with E-state index >= 15 is 0 Å². The lowest BCUT2D eigenvalue weighted by Gasteiger charge is -2.20. The molecule has 3 nitrogen and oxygen atoms in total. The van der Waals surface area contributed by atoms with Crippen LogP contribution in [-0.4, -0.2) is 12.1 Å². The van der Waals surface area contributed by atoms with Crippen LogP contribution in [0.2, 0.25) is 0 Å². The van der Waals surface area contributed by atoms with Crippen molar-refractivity contribution in [2.24, 2.45) is 0 Å². The molecule has 2 atom stereocenters. The Kier molecular flexibility index (Phi) is 4.53.